The van der Waals surface area contributed by atoms with E-state index in [0.717, 1.165) is 11.2 Å². The zero-order chi connectivity index (χ0) is 11.5. The van der Waals surface area contributed by atoms with Crippen LogP contribution < -0.4 is 5.73 Å². The first kappa shape index (κ1) is 12.7. The molecule has 2 fully saturated rings. The lowest BCUT2D eigenvalue weighted by atomic mass is 9.90. The second-order valence-electron chi connectivity index (χ2n) is 5.67. The molecule has 0 amide bonds. The van der Waals surface area contributed by atoms with Gasteiger partial charge in [-0.1, -0.05) is 19.8 Å². The molecule has 0 heterocycles. The molecule has 0 aliphatic heterocycles. The second kappa shape index (κ2) is 5.74. The van der Waals surface area contributed by atoms with Crippen LogP contribution in [-0.4, -0.2) is 28.3 Å². The fourth-order valence-electron chi connectivity index (χ4n) is 2.79. The Morgan fingerprint density at radius 1 is 1.31 bits per heavy atom. The van der Waals surface area contributed by atoms with Gasteiger partial charge in [-0.25, -0.2) is 0 Å². The minimum atomic E-state index is 0.229. The largest absolute Gasteiger partial charge is 0.395 e. The SMILES string of the molecule is CC1CCCC(SC(CO)C(N)C2CC2)C1. The van der Waals surface area contributed by atoms with Gasteiger partial charge in [0, 0.05) is 16.5 Å². The molecular weight excluding hydrogens is 218 g/mol. The average molecular weight is 243 g/mol. The van der Waals surface area contributed by atoms with Gasteiger partial charge in [0.2, 0.25) is 0 Å². The van der Waals surface area contributed by atoms with E-state index in [4.69, 9.17) is 5.73 Å². The molecule has 3 heteroatoms. The van der Waals surface area contributed by atoms with E-state index in [1.54, 1.807) is 0 Å². The number of thioether (sulfide) groups is 1. The van der Waals surface area contributed by atoms with Gasteiger partial charge in [0.1, 0.15) is 0 Å². The minimum absolute atomic E-state index is 0.229. The van der Waals surface area contributed by atoms with Crippen LogP contribution in [0.25, 0.3) is 0 Å². The molecule has 2 nitrogen and oxygen atoms in total. The standard InChI is InChI=1S/C13H25NOS/c1-9-3-2-4-11(7-9)16-12(8-15)13(14)10-5-6-10/h9-13,15H,2-8,14H2,1H3. The van der Waals surface area contributed by atoms with Crippen LogP contribution in [0, 0.1) is 11.8 Å². The first-order chi connectivity index (χ1) is 7.70. The molecule has 4 unspecified atom stereocenters. The van der Waals surface area contributed by atoms with Crippen molar-refractivity contribution in [2.24, 2.45) is 17.6 Å². The van der Waals surface area contributed by atoms with Gasteiger partial charge in [0.15, 0.2) is 0 Å². The van der Waals surface area contributed by atoms with E-state index >= 15 is 0 Å². The highest BCUT2D eigenvalue weighted by Crippen LogP contribution is 2.40. The Hall–Kier alpha value is 0.270. The third-order valence-corrected chi connectivity index (χ3v) is 5.66. The predicted octanol–water partition coefficient (Wildman–Crippen LogP) is 2.40. The van der Waals surface area contributed by atoms with E-state index in [1.807, 2.05) is 11.8 Å². The molecule has 0 radical (unpaired) electrons. The molecular formula is C13H25NOS. The molecule has 2 rings (SSSR count). The van der Waals surface area contributed by atoms with Crippen molar-refractivity contribution < 1.29 is 5.11 Å². The lowest BCUT2D eigenvalue weighted by Gasteiger charge is -2.31. The van der Waals surface area contributed by atoms with Crippen LogP contribution in [-0.2, 0) is 0 Å². The molecule has 0 aromatic heterocycles. The Morgan fingerprint density at radius 2 is 2.06 bits per heavy atom. The van der Waals surface area contributed by atoms with Crippen LogP contribution >= 0.6 is 11.8 Å². The predicted molar refractivity (Wildman–Crippen MR) is 70.6 cm³/mol. The molecule has 2 aliphatic carbocycles. The van der Waals surface area contributed by atoms with Gasteiger partial charge in [-0.2, -0.15) is 11.8 Å². The summed E-state index contributed by atoms with van der Waals surface area (Å²) in [6.07, 6.45) is 7.94. The lowest BCUT2D eigenvalue weighted by molar-refractivity contribution is 0.276. The third-order valence-electron chi connectivity index (χ3n) is 4.03. The van der Waals surface area contributed by atoms with Crippen LogP contribution in [0.1, 0.15) is 45.4 Å². The Labute approximate surface area is 103 Å². The number of hydrogen-bond acceptors (Lipinski definition) is 3. The van der Waals surface area contributed by atoms with Crippen molar-refractivity contribution >= 4 is 11.8 Å². The topological polar surface area (TPSA) is 46.2 Å². The fraction of sp³-hybridized carbons (Fsp3) is 1.00. The first-order valence-electron chi connectivity index (χ1n) is 6.72. The molecule has 2 aliphatic rings. The Kier molecular flexibility index (Phi) is 4.57. The van der Waals surface area contributed by atoms with Gasteiger partial charge >= 0.3 is 0 Å². The first-order valence-corrected chi connectivity index (χ1v) is 7.67. The van der Waals surface area contributed by atoms with E-state index in [2.05, 4.69) is 6.92 Å². The number of nitrogens with two attached hydrogens (primary N) is 1. The van der Waals surface area contributed by atoms with Crippen molar-refractivity contribution in [3.8, 4) is 0 Å². The highest BCUT2D eigenvalue weighted by Gasteiger charge is 2.35. The van der Waals surface area contributed by atoms with Crippen LogP contribution in [0.5, 0.6) is 0 Å². The van der Waals surface area contributed by atoms with Crippen LogP contribution in [0.3, 0.4) is 0 Å². The summed E-state index contributed by atoms with van der Waals surface area (Å²) in [4.78, 5) is 0. The van der Waals surface area contributed by atoms with Gasteiger partial charge in [-0.15, -0.1) is 0 Å². The smallest absolute Gasteiger partial charge is 0.0565 e. The minimum Gasteiger partial charge on any atom is -0.395 e. The summed E-state index contributed by atoms with van der Waals surface area (Å²) >= 11 is 1.97. The van der Waals surface area contributed by atoms with Crippen molar-refractivity contribution in [1.82, 2.24) is 0 Å². The lowest BCUT2D eigenvalue weighted by Crippen LogP contribution is -2.38. The van der Waals surface area contributed by atoms with Gasteiger partial charge in [-0.05, 0) is 37.5 Å². The zero-order valence-corrected chi connectivity index (χ0v) is 11.1. The van der Waals surface area contributed by atoms with Gasteiger partial charge in [-0.3, -0.25) is 0 Å². The van der Waals surface area contributed by atoms with Crippen LogP contribution in [0.15, 0.2) is 0 Å². The quantitative estimate of drug-likeness (QED) is 0.779. The average Bonchev–Trinajstić information content (AvgIpc) is 3.09. The van der Waals surface area contributed by atoms with Crippen LogP contribution in [0.2, 0.25) is 0 Å². The molecule has 0 bridgehead atoms. The summed E-state index contributed by atoms with van der Waals surface area (Å²) in [6.45, 7) is 2.61. The summed E-state index contributed by atoms with van der Waals surface area (Å²) in [6, 6.07) is 0.229. The molecule has 0 aromatic rings. The number of aliphatic hydroxyl groups excluding tert-OH is 1. The molecule has 0 spiro atoms. The molecule has 16 heavy (non-hydrogen) atoms. The molecule has 2 saturated carbocycles. The molecule has 0 aromatic carbocycles. The van der Waals surface area contributed by atoms with E-state index in [1.165, 1.54) is 38.5 Å². The Morgan fingerprint density at radius 3 is 2.62 bits per heavy atom. The van der Waals surface area contributed by atoms with E-state index in [-0.39, 0.29) is 17.9 Å². The van der Waals surface area contributed by atoms with Crippen molar-refractivity contribution in [3.05, 3.63) is 0 Å². The summed E-state index contributed by atoms with van der Waals surface area (Å²) in [5, 5.41) is 10.5. The number of rotatable bonds is 5. The fourth-order valence-corrected chi connectivity index (χ4v) is 4.52. The molecule has 3 N–H and O–H groups in total. The molecule has 94 valence electrons. The highest BCUT2D eigenvalue weighted by atomic mass is 32.2. The van der Waals surface area contributed by atoms with Gasteiger partial charge < -0.3 is 10.8 Å². The summed E-state index contributed by atoms with van der Waals surface area (Å²) in [5.74, 6) is 1.56. The normalized spacial score (nSPS) is 34.7. The van der Waals surface area contributed by atoms with Gasteiger partial charge in [0.25, 0.3) is 0 Å². The number of hydrogen-bond donors (Lipinski definition) is 2. The highest BCUT2D eigenvalue weighted by molar-refractivity contribution is 8.00. The summed E-state index contributed by atoms with van der Waals surface area (Å²) in [5.41, 5.74) is 6.20. The van der Waals surface area contributed by atoms with Crippen molar-refractivity contribution in [3.63, 3.8) is 0 Å². The molecule has 0 saturated heterocycles. The Bertz CT molecular complexity index is 220. The summed E-state index contributed by atoms with van der Waals surface area (Å²) in [7, 11) is 0. The van der Waals surface area contributed by atoms with Crippen LogP contribution in [0.4, 0.5) is 0 Å². The zero-order valence-electron chi connectivity index (χ0n) is 10.3. The monoisotopic (exact) mass is 243 g/mol. The van der Waals surface area contributed by atoms with E-state index in [9.17, 15) is 5.11 Å². The Balaban J connectivity index is 1.80. The van der Waals surface area contributed by atoms with Crippen molar-refractivity contribution in [2.45, 2.75) is 62.0 Å². The number of aliphatic hydroxyl groups is 1. The van der Waals surface area contributed by atoms with Gasteiger partial charge in [0.05, 0.1) is 6.61 Å². The van der Waals surface area contributed by atoms with E-state index < -0.39 is 0 Å². The second-order valence-corrected chi connectivity index (χ2v) is 7.21. The van der Waals surface area contributed by atoms with Crippen molar-refractivity contribution in [1.29, 1.82) is 0 Å². The maximum absolute atomic E-state index is 9.47. The summed E-state index contributed by atoms with van der Waals surface area (Å²) < 4.78 is 0. The third kappa shape index (κ3) is 3.38. The maximum Gasteiger partial charge on any atom is 0.0565 e. The van der Waals surface area contributed by atoms with E-state index in [0.29, 0.717) is 5.92 Å². The maximum atomic E-state index is 9.47. The van der Waals surface area contributed by atoms with Crippen molar-refractivity contribution in [2.75, 3.05) is 6.61 Å². The molecule has 4 atom stereocenters.